The molecule has 0 radical (unpaired) electrons. The maximum absolute atomic E-state index is 13.2. The number of amides is 1. The molecule has 0 atom stereocenters. The molecule has 0 bridgehead atoms. The highest BCUT2D eigenvalue weighted by Crippen LogP contribution is 2.29. The van der Waals surface area contributed by atoms with Gasteiger partial charge in [-0.25, -0.2) is 4.39 Å². The van der Waals surface area contributed by atoms with E-state index in [4.69, 9.17) is 9.47 Å². The second-order valence-corrected chi connectivity index (χ2v) is 6.14. The van der Waals surface area contributed by atoms with Crippen LogP contribution < -0.4 is 19.5 Å². The number of alkyl halides is 2. The number of benzene rings is 3. The van der Waals surface area contributed by atoms with Gasteiger partial charge in [0, 0.05) is 17.3 Å². The number of carbonyl (C=O) groups excluding carboxylic acids is 1. The summed E-state index contributed by atoms with van der Waals surface area (Å²) in [5.74, 6) is -0.614. The highest BCUT2D eigenvalue weighted by molar-refractivity contribution is 6.04. The van der Waals surface area contributed by atoms with Gasteiger partial charge in [-0.2, -0.15) is 8.78 Å². The van der Waals surface area contributed by atoms with E-state index >= 15 is 0 Å². The Morgan fingerprint density at radius 3 is 2.53 bits per heavy atom. The SMILES string of the molecule is COc1cc(C(=O)Nc2cccc(COc3cccc(F)c3)c2)ccc1OC(F)F. The lowest BCUT2D eigenvalue weighted by Gasteiger charge is -2.12. The minimum atomic E-state index is -3.00. The van der Waals surface area contributed by atoms with Crippen LogP contribution in [-0.4, -0.2) is 19.6 Å². The zero-order valence-electron chi connectivity index (χ0n) is 15.9. The van der Waals surface area contributed by atoms with Crippen molar-refractivity contribution in [3.05, 3.63) is 83.7 Å². The molecule has 0 saturated heterocycles. The molecule has 0 unspecified atom stereocenters. The van der Waals surface area contributed by atoms with Crippen LogP contribution in [0.5, 0.6) is 17.2 Å². The Hall–Kier alpha value is -3.68. The Kier molecular flexibility index (Phi) is 6.79. The molecule has 156 valence electrons. The van der Waals surface area contributed by atoms with E-state index in [0.717, 1.165) is 5.56 Å². The molecule has 0 aromatic heterocycles. The van der Waals surface area contributed by atoms with E-state index < -0.39 is 18.3 Å². The highest BCUT2D eigenvalue weighted by Gasteiger charge is 2.14. The summed E-state index contributed by atoms with van der Waals surface area (Å²) in [6.07, 6.45) is 0. The summed E-state index contributed by atoms with van der Waals surface area (Å²) in [4.78, 5) is 12.5. The second kappa shape index (κ2) is 9.69. The van der Waals surface area contributed by atoms with Crippen LogP contribution in [-0.2, 0) is 6.61 Å². The smallest absolute Gasteiger partial charge is 0.387 e. The fourth-order valence-electron chi connectivity index (χ4n) is 2.67. The molecule has 0 aliphatic rings. The van der Waals surface area contributed by atoms with Crippen LogP contribution in [0.25, 0.3) is 0 Å². The van der Waals surface area contributed by atoms with Gasteiger partial charge >= 0.3 is 6.61 Å². The molecule has 8 heteroatoms. The summed E-state index contributed by atoms with van der Waals surface area (Å²) >= 11 is 0. The van der Waals surface area contributed by atoms with Crippen molar-refractivity contribution < 1.29 is 32.2 Å². The molecule has 30 heavy (non-hydrogen) atoms. The summed E-state index contributed by atoms with van der Waals surface area (Å²) in [7, 11) is 1.29. The normalized spacial score (nSPS) is 10.6. The van der Waals surface area contributed by atoms with Crippen molar-refractivity contribution >= 4 is 11.6 Å². The summed E-state index contributed by atoms with van der Waals surface area (Å²) in [6, 6.07) is 16.6. The van der Waals surface area contributed by atoms with E-state index in [2.05, 4.69) is 10.1 Å². The first-order valence-electron chi connectivity index (χ1n) is 8.86. The van der Waals surface area contributed by atoms with E-state index in [1.165, 1.54) is 37.4 Å². The summed E-state index contributed by atoms with van der Waals surface area (Å²) in [5.41, 5.74) is 1.47. The van der Waals surface area contributed by atoms with Crippen molar-refractivity contribution in [3.63, 3.8) is 0 Å². The largest absolute Gasteiger partial charge is 0.493 e. The van der Waals surface area contributed by atoms with Gasteiger partial charge in [0.25, 0.3) is 5.91 Å². The molecule has 0 heterocycles. The fourth-order valence-corrected chi connectivity index (χ4v) is 2.67. The molecule has 0 saturated carbocycles. The molecule has 5 nitrogen and oxygen atoms in total. The van der Waals surface area contributed by atoms with E-state index in [-0.39, 0.29) is 23.7 Å². The zero-order chi connectivity index (χ0) is 21.5. The van der Waals surface area contributed by atoms with E-state index in [0.29, 0.717) is 11.4 Å². The van der Waals surface area contributed by atoms with Gasteiger partial charge in [-0.05, 0) is 48.0 Å². The molecule has 0 aliphatic carbocycles. The van der Waals surface area contributed by atoms with Crippen LogP contribution in [0.4, 0.5) is 18.9 Å². The van der Waals surface area contributed by atoms with Gasteiger partial charge < -0.3 is 19.5 Å². The zero-order valence-corrected chi connectivity index (χ0v) is 15.9. The number of methoxy groups -OCH3 is 1. The third kappa shape index (κ3) is 5.66. The minimum Gasteiger partial charge on any atom is -0.493 e. The molecular formula is C22H18F3NO4. The standard InChI is InChI=1S/C22H18F3NO4/c1-28-20-11-15(8-9-19(20)30-22(24)25)21(27)26-17-6-2-4-14(10-17)13-29-18-7-3-5-16(23)12-18/h2-12,22H,13H2,1H3,(H,26,27). The minimum absolute atomic E-state index is 0.0141. The Balaban J connectivity index is 1.67. The average Bonchev–Trinajstić information content (AvgIpc) is 2.72. The molecule has 1 amide bonds. The van der Waals surface area contributed by atoms with Crippen molar-refractivity contribution in [2.75, 3.05) is 12.4 Å². The molecule has 3 rings (SSSR count). The highest BCUT2D eigenvalue weighted by atomic mass is 19.3. The number of hydrogen-bond acceptors (Lipinski definition) is 4. The lowest BCUT2D eigenvalue weighted by atomic mass is 10.1. The van der Waals surface area contributed by atoms with Crippen molar-refractivity contribution in [2.45, 2.75) is 13.2 Å². The first-order valence-corrected chi connectivity index (χ1v) is 8.86. The Labute approximate surface area is 171 Å². The van der Waals surface area contributed by atoms with E-state index in [1.807, 2.05) is 0 Å². The molecule has 0 aliphatic heterocycles. The molecular weight excluding hydrogens is 399 g/mol. The number of rotatable bonds is 8. The maximum Gasteiger partial charge on any atom is 0.387 e. The summed E-state index contributed by atoms with van der Waals surface area (Å²) < 4.78 is 53.0. The van der Waals surface area contributed by atoms with Crippen molar-refractivity contribution in [2.24, 2.45) is 0 Å². The van der Waals surface area contributed by atoms with E-state index in [1.54, 1.807) is 36.4 Å². The average molecular weight is 417 g/mol. The van der Waals surface area contributed by atoms with Gasteiger partial charge in [0.05, 0.1) is 7.11 Å². The van der Waals surface area contributed by atoms with Gasteiger partial charge in [0.15, 0.2) is 11.5 Å². The van der Waals surface area contributed by atoms with Crippen LogP contribution in [0.3, 0.4) is 0 Å². The topological polar surface area (TPSA) is 56.8 Å². The molecule has 1 N–H and O–H groups in total. The number of nitrogens with one attached hydrogen (secondary N) is 1. The Morgan fingerprint density at radius 1 is 1.00 bits per heavy atom. The first kappa shape index (κ1) is 21.0. The quantitative estimate of drug-likeness (QED) is 0.543. The molecule has 3 aromatic rings. The maximum atomic E-state index is 13.2. The summed E-state index contributed by atoms with van der Waals surface area (Å²) in [5, 5.41) is 2.72. The van der Waals surface area contributed by atoms with Crippen molar-refractivity contribution in [3.8, 4) is 17.2 Å². The number of halogens is 3. The number of carbonyl (C=O) groups is 1. The number of anilines is 1. The van der Waals surface area contributed by atoms with Gasteiger partial charge in [-0.15, -0.1) is 0 Å². The monoisotopic (exact) mass is 417 g/mol. The molecule has 0 spiro atoms. The van der Waals surface area contributed by atoms with Gasteiger partial charge in [-0.3, -0.25) is 4.79 Å². The van der Waals surface area contributed by atoms with E-state index in [9.17, 15) is 18.0 Å². The lowest BCUT2D eigenvalue weighted by molar-refractivity contribution is -0.0512. The van der Waals surface area contributed by atoms with Crippen LogP contribution in [0.1, 0.15) is 15.9 Å². The van der Waals surface area contributed by atoms with Crippen molar-refractivity contribution in [1.82, 2.24) is 0 Å². The molecule has 0 fully saturated rings. The van der Waals surface area contributed by atoms with Crippen molar-refractivity contribution in [1.29, 1.82) is 0 Å². The first-order chi connectivity index (χ1) is 14.4. The summed E-state index contributed by atoms with van der Waals surface area (Å²) in [6.45, 7) is -2.82. The molecule has 3 aromatic carbocycles. The second-order valence-electron chi connectivity index (χ2n) is 6.14. The lowest BCUT2D eigenvalue weighted by Crippen LogP contribution is -2.13. The predicted molar refractivity (Wildman–Crippen MR) is 105 cm³/mol. The Morgan fingerprint density at radius 2 is 1.80 bits per heavy atom. The van der Waals surface area contributed by atoms with Crippen LogP contribution >= 0.6 is 0 Å². The van der Waals surface area contributed by atoms with Crippen LogP contribution in [0.15, 0.2) is 66.7 Å². The third-order valence-corrected chi connectivity index (χ3v) is 4.03. The van der Waals surface area contributed by atoms with Gasteiger partial charge in [0.1, 0.15) is 18.2 Å². The fraction of sp³-hybridized carbons (Fsp3) is 0.136. The van der Waals surface area contributed by atoms with Crippen LogP contribution in [0, 0.1) is 5.82 Å². The number of hydrogen-bond donors (Lipinski definition) is 1. The third-order valence-electron chi connectivity index (χ3n) is 4.03. The van der Waals surface area contributed by atoms with Gasteiger partial charge in [-0.1, -0.05) is 18.2 Å². The Bertz CT molecular complexity index is 1030. The predicted octanol–water partition coefficient (Wildman–Crippen LogP) is 5.27. The van der Waals surface area contributed by atoms with Gasteiger partial charge in [0.2, 0.25) is 0 Å². The van der Waals surface area contributed by atoms with Crippen LogP contribution in [0.2, 0.25) is 0 Å². The number of ether oxygens (including phenoxy) is 3.